The second-order valence-corrected chi connectivity index (χ2v) is 2.79. The van der Waals surface area contributed by atoms with Crippen molar-refractivity contribution in [2.75, 3.05) is 13.7 Å². The fourth-order valence-electron chi connectivity index (χ4n) is 1.20. The first-order valence-electron chi connectivity index (χ1n) is 4.11. The van der Waals surface area contributed by atoms with Gasteiger partial charge in [0.15, 0.2) is 0 Å². The topological polar surface area (TPSA) is 89.1 Å². The number of nitrogens with two attached hydrogens (primary N) is 1. The molecule has 0 aliphatic carbocycles. The van der Waals surface area contributed by atoms with Crippen LogP contribution in [0.25, 0.3) is 0 Å². The summed E-state index contributed by atoms with van der Waals surface area (Å²) >= 11 is 0. The van der Waals surface area contributed by atoms with Crippen LogP contribution in [0.15, 0.2) is 4.99 Å². The Kier molecular flexibility index (Phi) is 4.10. The normalized spacial score (nSPS) is 34.2. The molecule has 6 nitrogen and oxygen atoms in total. The lowest BCUT2D eigenvalue weighted by Gasteiger charge is -2.14. The summed E-state index contributed by atoms with van der Waals surface area (Å²) in [7, 11) is 1.62. The van der Waals surface area contributed by atoms with E-state index in [0.29, 0.717) is 6.42 Å². The van der Waals surface area contributed by atoms with Gasteiger partial charge in [-0.1, -0.05) is 0 Å². The molecular formula is C7H15N3O3. The molecule has 76 valence electrons. The van der Waals surface area contributed by atoms with Gasteiger partial charge in [-0.3, -0.25) is 15.3 Å². The second kappa shape index (κ2) is 5.13. The van der Waals surface area contributed by atoms with Gasteiger partial charge in [0.2, 0.25) is 0 Å². The van der Waals surface area contributed by atoms with Gasteiger partial charge in [0.05, 0.1) is 6.61 Å². The maximum Gasteiger partial charge on any atom is 0.118 e. The van der Waals surface area contributed by atoms with E-state index in [1.165, 1.54) is 6.34 Å². The average molecular weight is 189 g/mol. The molecule has 0 radical (unpaired) electrons. The van der Waals surface area contributed by atoms with Crippen LogP contribution in [0.2, 0.25) is 0 Å². The lowest BCUT2D eigenvalue weighted by atomic mass is 10.2. The van der Waals surface area contributed by atoms with Crippen molar-refractivity contribution in [1.82, 2.24) is 5.48 Å². The van der Waals surface area contributed by atoms with E-state index in [-0.39, 0.29) is 25.0 Å². The van der Waals surface area contributed by atoms with Gasteiger partial charge in [-0.05, 0) is 0 Å². The molecule has 4 N–H and O–H groups in total. The number of rotatable bonds is 4. The Morgan fingerprint density at radius 3 is 3.23 bits per heavy atom. The molecule has 13 heavy (non-hydrogen) atoms. The van der Waals surface area contributed by atoms with Crippen molar-refractivity contribution in [3.8, 4) is 0 Å². The van der Waals surface area contributed by atoms with Crippen molar-refractivity contribution in [1.29, 1.82) is 0 Å². The number of hydrogen-bond acceptors (Lipinski definition) is 5. The van der Waals surface area contributed by atoms with Crippen LogP contribution in [0.5, 0.6) is 0 Å². The molecule has 0 aromatic rings. The molecular weight excluding hydrogens is 174 g/mol. The van der Waals surface area contributed by atoms with Crippen molar-refractivity contribution in [2.45, 2.75) is 24.9 Å². The van der Waals surface area contributed by atoms with Crippen molar-refractivity contribution >= 4 is 6.34 Å². The molecule has 1 fully saturated rings. The van der Waals surface area contributed by atoms with Crippen molar-refractivity contribution in [3.05, 3.63) is 0 Å². The Labute approximate surface area is 76.7 Å². The summed E-state index contributed by atoms with van der Waals surface area (Å²) in [5, 5.41) is 8.89. The maximum atomic E-state index is 8.89. The zero-order chi connectivity index (χ0) is 9.68. The fraction of sp³-hybridized carbons (Fsp3) is 0.857. The molecule has 1 aliphatic rings. The lowest BCUT2D eigenvalue weighted by molar-refractivity contribution is -0.0628. The van der Waals surface area contributed by atoms with Crippen molar-refractivity contribution in [2.24, 2.45) is 10.7 Å². The number of nitrogens with one attached hydrogen (secondary N) is 1. The average Bonchev–Trinajstić information content (AvgIpc) is 2.47. The largest absolute Gasteiger partial charge is 0.394 e. The van der Waals surface area contributed by atoms with Gasteiger partial charge in [-0.25, -0.2) is 0 Å². The van der Waals surface area contributed by atoms with E-state index in [4.69, 9.17) is 20.4 Å². The highest BCUT2D eigenvalue weighted by atomic mass is 16.7. The van der Waals surface area contributed by atoms with Crippen LogP contribution in [0.4, 0.5) is 0 Å². The highest BCUT2D eigenvalue weighted by molar-refractivity contribution is 5.52. The van der Waals surface area contributed by atoms with E-state index in [9.17, 15) is 0 Å². The minimum absolute atomic E-state index is 0.0939. The molecule has 0 bridgehead atoms. The molecule has 1 aliphatic heterocycles. The molecule has 0 aromatic carbocycles. The fourth-order valence-corrected chi connectivity index (χ4v) is 1.20. The third-order valence-electron chi connectivity index (χ3n) is 1.81. The number of hydrogen-bond donors (Lipinski definition) is 3. The van der Waals surface area contributed by atoms with Crippen LogP contribution < -0.4 is 11.2 Å². The van der Waals surface area contributed by atoms with E-state index in [1.807, 2.05) is 0 Å². The Balaban J connectivity index is 2.30. The minimum atomic E-state index is -0.359. The summed E-state index contributed by atoms with van der Waals surface area (Å²) in [6.07, 6.45) is 1.04. The Morgan fingerprint density at radius 2 is 2.62 bits per heavy atom. The summed E-state index contributed by atoms with van der Waals surface area (Å²) in [5.74, 6) is 0. The molecule has 1 saturated heterocycles. The third kappa shape index (κ3) is 2.92. The molecule has 0 amide bonds. The standard InChI is InChI=1S/C7H15N3O3/c1-9-4-10-13-5-2-7(8)12-6(5)3-11/h4-7,11H,2-3,8H2,1H3,(H,9,10)/t5?,6-,7?/m1/s1. The van der Waals surface area contributed by atoms with Gasteiger partial charge in [-0.15, -0.1) is 0 Å². The van der Waals surface area contributed by atoms with Crippen LogP contribution in [0.1, 0.15) is 6.42 Å². The molecule has 0 spiro atoms. The van der Waals surface area contributed by atoms with E-state index >= 15 is 0 Å². The highest BCUT2D eigenvalue weighted by Gasteiger charge is 2.34. The molecule has 0 saturated carbocycles. The number of aliphatic hydroxyl groups excluding tert-OH is 1. The highest BCUT2D eigenvalue weighted by Crippen LogP contribution is 2.18. The molecule has 0 aromatic heterocycles. The van der Waals surface area contributed by atoms with Gasteiger partial charge < -0.3 is 15.6 Å². The van der Waals surface area contributed by atoms with Crippen LogP contribution in [-0.2, 0) is 9.57 Å². The maximum absolute atomic E-state index is 8.89. The first kappa shape index (κ1) is 10.4. The minimum Gasteiger partial charge on any atom is -0.394 e. The SMILES string of the molecule is CN=CNOC1CC(N)O[C@@H]1CO. The first-order valence-corrected chi connectivity index (χ1v) is 4.11. The second-order valence-electron chi connectivity index (χ2n) is 2.79. The Morgan fingerprint density at radius 1 is 1.85 bits per heavy atom. The Bertz CT molecular complexity index is 176. The molecule has 6 heteroatoms. The predicted octanol–water partition coefficient (Wildman–Crippen LogP) is -1.40. The zero-order valence-corrected chi connectivity index (χ0v) is 7.51. The summed E-state index contributed by atoms with van der Waals surface area (Å²) in [6, 6.07) is 0. The van der Waals surface area contributed by atoms with Crippen LogP contribution in [-0.4, -0.2) is 43.5 Å². The molecule has 1 rings (SSSR count). The zero-order valence-electron chi connectivity index (χ0n) is 7.51. The molecule has 2 unspecified atom stereocenters. The van der Waals surface area contributed by atoms with E-state index in [1.54, 1.807) is 7.05 Å². The lowest BCUT2D eigenvalue weighted by Crippen LogP contribution is -2.32. The van der Waals surface area contributed by atoms with Gasteiger partial charge in [0.25, 0.3) is 0 Å². The first-order chi connectivity index (χ1) is 6.27. The number of ether oxygens (including phenoxy) is 1. The molecule has 1 heterocycles. The van der Waals surface area contributed by atoms with Gasteiger partial charge in [-0.2, -0.15) is 0 Å². The number of aliphatic hydroxyl groups is 1. The monoisotopic (exact) mass is 189 g/mol. The quantitative estimate of drug-likeness (QED) is 0.287. The van der Waals surface area contributed by atoms with Crippen LogP contribution in [0, 0.1) is 0 Å². The van der Waals surface area contributed by atoms with Gasteiger partial charge >= 0.3 is 0 Å². The van der Waals surface area contributed by atoms with Crippen molar-refractivity contribution in [3.63, 3.8) is 0 Å². The Hall–Kier alpha value is -0.690. The van der Waals surface area contributed by atoms with Gasteiger partial charge in [0.1, 0.15) is 24.8 Å². The smallest absolute Gasteiger partial charge is 0.118 e. The number of nitrogens with zero attached hydrogens (tertiary/aromatic N) is 1. The summed E-state index contributed by atoms with van der Waals surface area (Å²) in [6.45, 7) is -0.0939. The number of aliphatic imine (C=N–C) groups is 1. The van der Waals surface area contributed by atoms with E-state index in [2.05, 4.69) is 10.5 Å². The number of hydroxylamine groups is 1. The molecule has 3 atom stereocenters. The predicted molar refractivity (Wildman–Crippen MR) is 47.0 cm³/mol. The summed E-state index contributed by atoms with van der Waals surface area (Å²) < 4.78 is 5.17. The van der Waals surface area contributed by atoms with Crippen LogP contribution >= 0.6 is 0 Å². The summed E-state index contributed by atoms with van der Waals surface area (Å²) in [4.78, 5) is 8.82. The van der Waals surface area contributed by atoms with E-state index in [0.717, 1.165) is 0 Å². The van der Waals surface area contributed by atoms with Crippen LogP contribution in [0.3, 0.4) is 0 Å². The van der Waals surface area contributed by atoms with Gasteiger partial charge in [0, 0.05) is 13.5 Å². The van der Waals surface area contributed by atoms with E-state index < -0.39 is 0 Å². The third-order valence-corrected chi connectivity index (χ3v) is 1.81. The van der Waals surface area contributed by atoms with Crippen molar-refractivity contribution < 1.29 is 14.7 Å². The summed E-state index contributed by atoms with van der Waals surface area (Å²) in [5.41, 5.74) is 8.04.